The van der Waals surface area contributed by atoms with Gasteiger partial charge in [-0.1, -0.05) is 91.0 Å². The van der Waals surface area contributed by atoms with Gasteiger partial charge in [0.15, 0.2) is 28.9 Å². The van der Waals surface area contributed by atoms with Gasteiger partial charge in [0.1, 0.15) is 22.7 Å². The minimum atomic E-state index is -1.12. The quantitative estimate of drug-likeness (QED) is 0.143. The fourth-order valence-corrected chi connectivity index (χ4v) is 8.68. The molecule has 0 amide bonds. The Bertz CT molecular complexity index is 2320. The first-order chi connectivity index (χ1) is 25.9. The molecule has 2 N–H and O–H groups in total. The molecule has 4 heterocycles. The zero-order valence-electron chi connectivity index (χ0n) is 28.4. The van der Waals surface area contributed by atoms with Gasteiger partial charge in [-0.15, -0.1) is 0 Å². The highest BCUT2D eigenvalue weighted by molar-refractivity contribution is 5.90. The second-order valence-electron chi connectivity index (χ2n) is 13.8. The Morgan fingerprint density at radius 3 is 1.96 bits per heavy atom. The van der Waals surface area contributed by atoms with Gasteiger partial charge < -0.3 is 14.8 Å². The van der Waals surface area contributed by atoms with Gasteiger partial charge in [0.25, 0.3) is 0 Å². The second-order valence-corrected chi connectivity index (χ2v) is 13.8. The van der Waals surface area contributed by atoms with Gasteiger partial charge in [0.2, 0.25) is 0 Å². The van der Waals surface area contributed by atoms with Crippen LogP contribution in [0.15, 0.2) is 126 Å². The number of benzene rings is 3. The van der Waals surface area contributed by atoms with Crippen molar-refractivity contribution in [2.75, 3.05) is 5.32 Å². The molecule has 0 radical (unpaired) electrons. The Morgan fingerprint density at radius 2 is 1.40 bits per heavy atom. The van der Waals surface area contributed by atoms with E-state index in [4.69, 9.17) is 14.5 Å². The summed E-state index contributed by atoms with van der Waals surface area (Å²) >= 11 is 0. The molecule has 11 heteroatoms. The van der Waals surface area contributed by atoms with Gasteiger partial charge in [-0.3, -0.25) is 4.79 Å². The molecule has 3 aliphatic rings. The maximum absolute atomic E-state index is 16.6. The number of rotatable bonds is 9. The number of aliphatic carboxylic acids is 1. The molecule has 53 heavy (non-hydrogen) atoms. The standard InChI is InChI=1S/C42H34F2N6O3/c43-30-23-31-36(39-47-37(32-17-10-22-53-32)34(44)38(48-39)46-35-26-20-18-25(19-21-26)33(35)41(51)52)49-50(40(31)45-24-30)42(27-11-4-1-5-12-27,28-13-6-2-7-14-28)29-15-8-3-9-16-29/h1-17,22-26,33,35H,18-21H2,(H,51,52)(H,46,47,48). The molecule has 9 nitrogen and oxygen atoms in total. The molecule has 2 atom stereocenters. The van der Waals surface area contributed by atoms with E-state index < -0.39 is 35.1 Å². The first-order valence-corrected chi connectivity index (χ1v) is 17.8. The summed E-state index contributed by atoms with van der Waals surface area (Å²) < 4.78 is 39.3. The van der Waals surface area contributed by atoms with Gasteiger partial charge in [0, 0.05) is 6.04 Å². The number of pyridine rings is 1. The largest absolute Gasteiger partial charge is 0.481 e. The average Bonchev–Trinajstić information content (AvgIpc) is 3.87. The summed E-state index contributed by atoms with van der Waals surface area (Å²) in [5, 5.41) is 19.0. The Kier molecular flexibility index (Phi) is 8.06. The van der Waals surface area contributed by atoms with Crippen molar-refractivity contribution in [3.05, 3.63) is 150 Å². The number of carboxylic acid groups (broad SMARTS) is 1. The number of fused-ring (bicyclic) bond motifs is 4. The number of nitrogens with one attached hydrogen (secondary N) is 1. The molecule has 4 aromatic heterocycles. The van der Waals surface area contributed by atoms with Crippen LogP contribution in [0.2, 0.25) is 0 Å². The van der Waals surface area contributed by atoms with Crippen molar-refractivity contribution in [2.24, 2.45) is 17.8 Å². The van der Waals surface area contributed by atoms with E-state index in [2.05, 4.69) is 15.3 Å². The number of halogens is 2. The lowest BCUT2D eigenvalue weighted by Gasteiger charge is -2.47. The number of carboxylic acids is 1. The smallest absolute Gasteiger partial charge is 0.308 e. The highest BCUT2D eigenvalue weighted by Crippen LogP contribution is 2.47. The Hall–Kier alpha value is -6.23. The van der Waals surface area contributed by atoms with Crippen LogP contribution in [-0.4, -0.2) is 41.9 Å². The molecule has 0 aliphatic heterocycles. The van der Waals surface area contributed by atoms with Crippen LogP contribution in [0.1, 0.15) is 42.4 Å². The number of anilines is 1. The number of nitrogens with zero attached hydrogens (tertiary/aromatic N) is 5. The monoisotopic (exact) mass is 708 g/mol. The maximum atomic E-state index is 16.6. The normalized spacial score (nSPS) is 19.7. The van der Waals surface area contributed by atoms with Crippen LogP contribution < -0.4 is 5.32 Å². The summed E-state index contributed by atoms with van der Waals surface area (Å²) in [7, 11) is 0. The molecule has 0 saturated heterocycles. The number of hydrogen-bond acceptors (Lipinski definition) is 7. The van der Waals surface area contributed by atoms with E-state index in [1.54, 1.807) is 16.8 Å². The van der Waals surface area contributed by atoms with Crippen LogP contribution in [0, 0.1) is 29.4 Å². The lowest BCUT2D eigenvalue weighted by atomic mass is 9.61. The molecular weight excluding hydrogens is 674 g/mol. The van der Waals surface area contributed by atoms with Gasteiger partial charge >= 0.3 is 5.97 Å². The van der Waals surface area contributed by atoms with E-state index >= 15 is 8.78 Å². The third-order valence-electron chi connectivity index (χ3n) is 11.0. The maximum Gasteiger partial charge on any atom is 0.308 e. The van der Waals surface area contributed by atoms with Crippen molar-refractivity contribution >= 4 is 22.8 Å². The number of hydrogen-bond donors (Lipinski definition) is 2. The molecule has 3 fully saturated rings. The highest BCUT2D eigenvalue weighted by atomic mass is 19.1. The number of aromatic nitrogens is 5. The molecule has 3 aromatic carbocycles. The fourth-order valence-electron chi connectivity index (χ4n) is 8.68. The van der Waals surface area contributed by atoms with E-state index in [1.807, 2.05) is 91.0 Å². The SMILES string of the molecule is O=C(O)C1C2CCC(CC2)C1Nc1nc(-c2nn(C(c3ccccc3)(c3ccccc3)c3ccccc3)c3ncc(F)cc23)nc(-c2ccco2)c1F. The molecule has 264 valence electrons. The molecule has 0 spiro atoms. The minimum Gasteiger partial charge on any atom is -0.481 e. The first kappa shape index (κ1) is 32.7. The molecule has 3 saturated carbocycles. The molecule has 2 unspecified atom stereocenters. The first-order valence-electron chi connectivity index (χ1n) is 17.8. The van der Waals surface area contributed by atoms with Crippen LogP contribution in [0.3, 0.4) is 0 Å². The van der Waals surface area contributed by atoms with Gasteiger partial charge in [-0.2, -0.15) is 5.10 Å². The van der Waals surface area contributed by atoms with E-state index in [1.165, 1.54) is 12.3 Å². The predicted molar refractivity (Wildman–Crippen MR) is 195 cm³/mol. The molecular formula is C42H34F2N6O3. The van der Waals surface area contributed by atoms with Crippen LogP contribution in [0.5, 0.6) is 0 Å². The van der Waals surface area contributed by atoms with Crippen molar-refractivity contribution in [1.82, 2.24) is 24.7 Å². The van der Waals surface area contributed by atoms with Gasteiger partial charge in [-0.05, 0) is 72.4 Å². The zero-order valence-corrected chi connectivity index (χ0v) is 28.4. The summed E-state index contributed by atoms with van der Waals surface area (Å²) in [6, 6.07) is 33.6. The third kappa shape index (κ3) is 5.37. The minimum absolute atomic E-state index is 0.00706. The highest BCUT2D eigenvalue weighted by Gasteiger charge is 2.48. The third-order valence-corrected chi connectivity index (χ3v) is 11.0. The second kappa shape index (κ2) is 13.1. The summed E-state index contributed by atoms with van der Waals surface area (Å²) in [5.74, 6) is -3.00. The molecule has 7 aromatic rings. The predicted octanol–water partition coefficient (Wildman–Crippen LogP) is 8.57. The van der Waals surface area contributed by atoms with Crippen molar-refractivity contribution in [1.29, 1.82) is 0 Å². The van der Waals surface area contributed by atoms with Crippen molar-refractivity contribution < 1.29 is 23.1 Å². The summed E-state index contributed by atoms with van der Waals surface area (Å²) in [5.41, 5.74) is 1.85. The Morgan fingerprint density at radius 1 is 0.792 bits per heavy atom. The lowest BCUT2D eigenvalue weighted by Crippen LogP contribution is -2.51. The zero-order chi connectivity index (χ0) is 36.1. The van der Waals surface area contributed by atoms with Crippen molar-refractivity contribution in [3.8, 4) is 23.0 Å². The summed E-state index contributed by atoms with van der Waals surface area (Å²) in [6.45, 7) is 0. The topological polar surface area (TPSA) is 119 Å². The molecule has 3 aliphatic carbocycles. The fraction of sp³-hybridized carbons (Fsp3) is 0.214. The number of carbonyl (C=O) groups is 1. The Balaban J connectivity index is 1.31. The molecule has 2 bridgehead atoms. The summed E-state index contributed by atoms with van der Waals surface area (Å²) in [4.78, 5) is 26.6. The van der Waals surface area contributed by atoms with Crippen LogP contribution in [0.4, 0.5) is 14.6 Å². The van der Waals surface area contributed by atoms with Crippen LogP contribution >= 0.6 is 0 Å². The van der Waals surface area contributed by atoms with Crippen molar-refractivity contribution in [3.63, 3.8) is 0 Å². The van der Waals surface area contributed by atoms with Crippen molar-refractivity contribution in [2.45, 2.75) is 37.3 Å². The van der Waals surface area contributed by atoms with E-state index in [-0.39, 0.29) is 40.6 Å². The van der Waals surface area contributed by atoms with E-state index in [0.29, 0.717) is 11.0 Å². The van der Waals surface area contributed by atoms with Crippen LogP contribution in [0.25, 0.3) is 34.0 Å². The molecule has 10 rings (SSSR count). The Labute approximate surface area is 303 Å². The van der Waals surface area contributed by atoms with Gasteiger partial charge in [0.05, 0.1) is 23.8 Å². The average molecular weight is 709 g/mol. The van der Waals surface area contributed by atoms with E-state index in [0.717, 1.165) is 48.6 Å². The number of furan rings is 1. The van der Waals surface area contributed by atoms with Gasteiger partial charge in [-0.25, -0.2) is 28.4 Å². The lowest BCUT2D eigenvalue weighted by molar-refractivity contribution is -0.148. The van der Waals surface area contributed by atoms with E-state index in [9.17, 15) is 9.90 Å². The summed E-state index contributed by atoms with van der Waals surface area (Å²) in [6.07, 6.45) is 5.90. The van der Waals surface area contributed by atoms with Crippen LogP contribution in [-0.2, 0) is 10.3 Å².